The molecule has 2 aliphatic heterocycles. The lowest BCUT2D eigenvalue weighted by Gasteiger charge is -2.09. The monoisotopic (exact) mass is 266 g/mol. The van der Waals surface area contributed by atoms with E-state index < -0.39 is 6.04 Å². The molecule has 7 heteroatoms. The lowest BCUT2D eigenvalue weighted by molar-refractivity contribution is -0.122. The first kappa shape index (κ1) is 11.6. The maximum atomic E-state index is 11.9. The van der Waals surface area contributed by atoms with E-state index in [1.807, 2.05) is 0 Å². The summed E-state index contributed by atoms with van der Waals surface area (Å²) >= 11 is 1.50. The third-order valence-corrected chi connectivity index (χ3v) is 4.16. The Bertz CT molecular complexity index is 476. The van der Waals surface area contributed by atoms with Crippen LogP contribution < -0.4 is 16.0 Å². The summed E-state index contributed by atoms with van der Waals surface area (Å²) < 4.78 is 0. The Balaban J connectivity index is 1.67. The van der Waals surface area contributed by atoms with Gasteiger partial charge in [-0.3, -0.25) is 9.59 Å². The largest absolute Gasteiger partial charge is 0.344 e. The fourth-order valence-corrected chi connectivity index (χ4v) is 3.16. The zero-order valence-electron chi connectivity index (χ0n) is 9.78. The van der Waals surface area contributed by atoms with Crippen molar-refractivity contribution in [3.8, 4) is 0 Å². The molecule has 0 aromatic carbocycles. The van der Waals surface area contributed by atoms with E-state index in [0.717, 1.165) is 25.2 Å². The molecule has 1 unspecified atom stereocenters. The highest BCUT2D eigenvalue weighted by atomic mass is 32.1. The van der Waals surface area contributed by atoms with Crippen LogP contribution in [0.5, 0.6) is 0 Å². The predicted molar refractivity (Wildman–Crippen MR) is 67.3 cm³/mol. The average Bonchev–Trinajstić information content (AvgIpc) is 2.94. The number of anilines is 1. The van der Waals surface area contributed by atoms with Crippen LogP contribution in [0.3, 0.4) is 0 Å². The molecule has 0 bridgehead atoms. The highest BCUT2D eigenvalue weighted by Crippen LogP contribution is 2.25. The van der Waals surface area contributed by atoms with Gasteiger partial charge in [0, 0.05) is 30.8 Å². The zero-order chi connectivity index (χ0) is 12.5. The van der Waals surface area contributed by atoms with E-state index in [0.29, 0.717) is 18.0 Å². The van der Waals surface area contributed by atoms with E-state index >= 15 is 0 Å². The van der Waals surface area contributed by atoms with Gasteiger partial charge in [-0.05, 0) is 6.42 Å². The van der Waals surface area contributed by atoms with E-state index in [-0.39, 0.29) is 11.8 Å². The third-order valence-electron chi connectivity index (χ3n) is 3.14. The fraction of sp³-hybridized carbons (Fsp3) is 0.545. The molecule has 6 nitrogen and oxygen atoms in total. The van der Waals surface area contributed by atoms with E-state index in [1.54, 1.807) is 0 Å². The number of nitrogens with one attached hydrogen (secondary N) is 3. The fourth-order valence-electron chi connectivity index (χ4n) is 2.18. The molecule has 96 valence electrons. The highest BCUT2D eigenvalue weighted by Gasteiger charge is 2.28. The summed E-state index contributed by atoms with van der Waals surface area (Å²) in [7, 11) is 0. The number of nitrogens with zero attached hydrogens (tertiary/aromatic N) is 1. The van der Waals surface area contributed by atoms with Gasteiger partial charge in [0.1, 0.15) is 6.04 Å². The van der Waals surface area contributed by atoms with Gasteiger partial charge in [-0.25, -0.2) is 4.98 Å². The van der Waals surface area contributed by atoms with Crippen LogP contribution in [0.1, 0.15) is 23.4 Å². The summed E-state index contributed by atoms with van der Waals surface area (Å²) in [6.45, 7) is 1.76. The number of rotatable bonds is 2. The normalized spacial score (nSPS) is 22.4. The van der Waals surface area contributed by atoms with Crippen molar-refractivity contribution < 1.29 is 9.59 Å². The van der Waals surface area contributed by atoms with Gasteiger partial charge in [0.2, 0.25) is 11.8 Å². The van der Waals surface area contributed by atoms with Crippen molar-refractivity contribution in [3.63, 3.8) is 0 Å². The Hall–Kier alpha value is -1.47. The average molecular weight is 266 g/mol. The molecule has 1 atom stereocenters. The zero-order valence-corrected chi connectivity index (χ0v) is 10.6. The summed E-state index contributed by atoms with van der Waals surface area (Å²) in [4.78, 5) is 28.6. The molecular weight excluding hydrogens is 252 g/mol. The second-order valence-corrected chi connectivity index (χ2v) is 5.55. The summed E-state index contributed by atoms with van der Waals surface area (Å²) in [6, 6.07) is -0.406. The summed E-state index contributed by atoms with van der Waals surface area (Å²) in [5, 5.41) is 9.34. The first-order valence-electron chi connectivity index (χ1n) is 6.02. The quantitative estimate of drug-likeness (QED) is 0.704. The van der Waals surface area contributed by atoms with Crippen molar-refractivity contribution in [1.82, 2.24) is 15.6 Å². The number of hydrogen-bond acceptors (Lipinski definition) is 5. The van der Waals surface area contributed by atoms with Crippen LogP contribution in [-0.4, -0.2) is 29.4 Å². The number of fused-ring (bicyclic) bond motifs is 1. The van der Waals surface area contributed by atoms with E-state index in [4.69, 9.17) is 0 Å². The smallest absolute Gasteiger partial charge is 0.248 e. The van der Waals surface area contributed by atoms with Crippen LogP contribution in [0.25, 0.3) is 0 Å². The molecule has 0 saturated carbocycles. The summed E-state index contributed by atoms with van der Waals surface area (Å²) in [6.07, 6.45) is 1.90. The third kappa shape index (κ3) is 2.23. The minimum Gasteiger partial charge on any atom is -0.344 e. The number of thiazole rings is 1. The Morgan fingerprint density at radius 3 is 3.06 bits per heavy atom. The van der Waals surface area contributed by atoms with Gasteiger partial charge in [0.05, 0.1) is 5.69 Å². The summed E-state index contributed by atoms with van der Waals surface area (Å²) in [5.74, 6) is -0.224. The van der Waals surface area contributed by atoms with Crippen LogP contribution >= 0.6 is 11.3 Å². The first-order valence-corrected chi connectivity index (χ1v) is 6.83. The molecular formula is C11H14N4O2S. The summed E-state index contributed by atoms with van der Waals surface area (Å²) in [5.41, 5.74) is 1.07. The minimum absolute atomic E-state index is 0.0576. The van der Waals surface area contributed by atoms with Crippen molar-refractivity contribution in [3.05, 3.63) is 10.6 Å². The van der Waals surface area contributed by atoms with E-state index in [1.165, 1.54) is 16.2 Å². The highest BCUT2D eigenvalue weighted by molar-refractivity contribution is 7.15. The Morgan fingerprint density at radius 1 is 1.44 bits per heavy atom. The molecule has 1 aromatic heterocycles. The van der Waals surface area contributed by atoms with Crippen molar-refractivity contribution >= 4 is 28.3 Å². The molecule has 3 N–H and O–H groups in total. The molecule has 0 radical (unpaired) electrons. The second-order valence-electron chi connectivity index (χ2n) is 4.46. The second kappa shape index (κ2) is 4.66. The molecule has 18 heavy (non-hydrogen) atoms. The van der Waals surface area contributed by atoms with Crippen LogP contribution in [0.15, 0.2) is 0 Å². The molecule has 0 aliphatic carbocycles. The Kier molecular flexibility index (Phi) is 3.00. The van der Waals surface area contributed by atoms with Crippen LogP contribution in [-0.2, 0) is 22.6 Å². The molecule has 1 saturated heterocycles. The molecule has 0 spiro atoms. The lowest BCUT2D eigenvalue weighted by Crippen LogP contribution is -2.37. The molecule has 1 aromatic rings. The molecule has 2 aliphatic rings. The van der Waals surface area contributed by atoms with Gasteiger partial charge in [-0.15, -0.1) is 11.3 Å². The predicted octanol–water partition coefficient (Wildman–Crippen LogP) is 0.00590. The minimum atomic E-state index is -0.406. The maximum absolute atomic E-state index is 11.9. The van der Waals surface area contributed by atoms with Gasteiger partial charge >= 0.3 is 0 Å². The van der Waals surface area contributed by atoms with E-state index in [9.17, 15) is 9.59 Å². The van der Waals surface area contributed by atoms with Gasteiger partial charge in [0.25, 0.3) is 0 Å². The maximum Gasteiger partial charge on any atom is 0.248 e. The van der Waals surface area contributed by atoms with Crippen molar-refractivity contribution in [1.29, 1.82) is 0 Å². The molecule has 1 fully saturated rings. The number of carbonyl (C=O) groups excluding carboxylic acids is 2. The number of aromatic nitrogens is 1. The molecule has 3 rings (SSSR count). The number of amides is 2. The molecule has 2 amide bonds. The lowest BCUT2D eigenvalue weighted by atomic mass is 10.2. The van der Waals surface area contributed by atoms with E-state index in [2.05, 4.69) is 20.9 Å². The topological polar surface area (TPSA) is 83.1 Å². The standard InChI is InChI=1S/C11H14N4O2S/c16-9-2-1-7(13-9)10(17)15-11-14-6-3-4-12-5-8(6)18-11/h7,12H,1-5H2,(H,13,16)(H,14,15,17). The van der Waals surface area contributed by atoms with Crippen LogP contribution in [0, 0.1) is 0 Å². The van der Waals surface area contributed by atoms with Gasteiger partial charge in [-0.1, -0.05) is 0 Å². The molecule has 3 heterocycles. The van der Waals surface area contributed by atoms with Crippen molar-refractivity contribution in [2.45, 2.75) is 31.8 Å². The first-order chi connectivity index (χ1) is 8.72. The van der Waals surface area contributed by atoms with Gasteiger partial charge in [-0.2, -0.15) is 0 Å². The van der Waals surface area contributed by atoms with Crippen molar-refractivity contribution in [2.75, 3.05) is 11.9 Å². The Morgan fingerprint density at radius 2 is 2.33 bits per heavy atom. The van der Waals surface area contributed by atoms with Gasteiger partial charge in [0.15, 0.2) is 5.13 Å². The van der Waals surface area contributed by atoms with Crippen molar-refractivity contribution in [2.24, 2.45) is 0 Å². The Labute approximate surface area is 108 Å². The SMILES string of the molecule is O=C1CCC(C(=O)Nc2nc3c(s2)CNCC3)N1. The van der Waals surface area contributed by atoms with Crippen LogP contribution in [0.4, 0.5) is 5.13 Å². The number of hydrogen-bond donors (Lipinski definition) is 3. The number of carbonyl (C=O) groups is 2. The van der Waals surface area contributed by atoms with Crippen LogP contribution in [0.2, 0.25) is 0 Å². The van der Waals surface area contributed by atoms with Gasteiger partial charge < -0.3 is 16.0 Å².